The Morgan fingerprint density at radius 3 is 1.79 bits per heavy atom. The van der Waals surface area contributed by atoms with Crippen molar-refractivity contribution in [2.24, 2.45) is 53.3 Å². The lowest BCUT2D eigenvalue weighted by Crippen LogP contribution is -2.69. The van der Waals surface area contributed by atoms with Crippen LogP contribution in [-0.2, 0) is 9.47 Å². The zero-order valence-electron chi connectivity index (χ0n) is 29.1. The fourth-order valence-electron chi connectivity index (χ4n) is 9.95. The van der Waals surface area contributed by atoms with E-state index in [0.717, 1.165) is 49.7 Å². The van der Waals surface area contributed by atoms with Crippen molar-refractivity contribution >= 4 is 0 Å². The van der Waals surface area contributed by atoms with Gasteiger partial charge in [0.05, 0.1) is 13.2 Å². The normalized spacial score (nSPS) is 30.5. The number of fused-ring (bicyclic) bond motifs is 7. The number of ether oxygens (including phenoxy) is 2. The number of hydrogen-bond donors (Lipinski definition) is 1. The predicted molar refractivity (Wildman–Crippen MR) is 182 cm³/mol. The van der Waals surface area contributed by atoms with E-state index in [1.54, 1.807) is 32.1 Å². The summed E-state index contributed by atoms with van der Waals surface area (Å²) in [4.78, 5) is 0. The minimum atomic E-state index is -0.150. The van der Waals surface area contributed by atoms with Crippen molar-refractivity contribution in [3.8, 4) is 0 Å². The van der Waals surface area contributed by atoms with Crippen LogP contribution in [0.25, 0.3) is 0 Å². The van der Waals surface area contributed by atoms with E-state index in [4.69, 9.17) is 9.47 Å². The summed E-state index contributed by atoms with van der Waals surface area (Å²) in [6.45, 7) is 9.29. The molecule has 3 heteroatoms. The lowest BCUT2D eigenvalue weighted by Gasteiger charge is -2.74. The summed E-state index contributed by atoms with van der Waals surface area (Å²) >= 11 is 0. The van der Waals surface area contributed by atoms with E-state index >= 15 is 0 Å². The molecule has 0 spiro atoms. The zero-order valence-corrected chi connectivity index (χ0v) is 29.1. The molecule has 43 heavy (non-hydrogen) atoms. The van der Waals surface area contributed by atoms with E-state index in [1.165, 1.54) is 132 Å². The Labute approximate surface area is 268 Å². The van der Waals surface area contributed by atoms with Gasteiger partial charge in [-0.25, -0.2) is 0 Å². The first-order chi connectivity index (χ1) is 21.1. The highest BCUT2D eigenvalue weighted by Crippen LogP contribution is 2.74. The number of rotatable bonds is 27. The van der Waals surface area contributed by atoms with E-state index < -0.39 is 0 Å². The van der Waals surface area contributed by atoms with Gasteiger partial charge in [-0.15, -0.1) is 0 Å². The molecular formula is C40H74O3. The Hall–Kier alpha value is -0.120. The molecule has 4 saturated carbocycles. The van der Waals surface area contributed by atoms with E-state index in [-0.39, 0.29) is 12.7 Å². The Bertz CT molecular complexity index is 702. The van der Waals surface area contributed by atoms with Crippen molar-refractivity contribution < 1.29 is 14.6 Å². The van der Waals surface area contributed by atoms with Gasteiger partial charge in [0.2, 0.25) is 0 Å². The fourth-order valence-corrected chi connectivity index (χ4v) is 9.95. The number of aliphatic hydroxyl groups is 1. The van der Waals surface area contributed by atoms with Gasteiger partial charge in [-0.05, 0) is 91.8 Å². The maximum Gasteiger partial charge on any atom is 0.104 e. The Balaban J connectivity index is 0.848. The monoisotopic (exact) mass is 603 g/mol. The highest BCUT2D eigenvalue weighted by Gasteiger charge is 2.68. The van der Waals surface area contributed by atoms with Crippen LogP contribution >= 0.6 is 0 Å². The molecule has 9 atom stereocenters. The summed E-state index contributed by atoms with van der Waals surface area (Å²) in [7, 11) is 0. The molecule has 0 aromatic carbocycles. The molecule has 1 N–H and O–H groups in total. The summed E-state index contributed by atoms with van der Waals surface area (Å²) in [5, 5.41) is 9.67. The molecule has 4 aliphatic carbocycles. The third-order valence-electron chi connectivity index (χ3n) is 12.7. The molecule has 252 valence electrons. The third-order valence-corrected chi connectivity index (χ3v) is 12.7. The van der Waals surface area contributed by atoms with Crippen LogP contribution in [0.15, 0.2) is 0 Å². The van der Waals surface area contributed by atoms with Crippen LogP contribution in [0.3, 0.4) is 0 Å². The van der Waals surface area contributed by atoms with Gasteiger partial charge in [0, 0.05) is 13.2 Å². The van der Waals surface area contributed by atoms with Crippen LogP contribution < -0.4 is 0 Å². The summed E-state index contributed by atoms with van der Waals surface area (Å²) in [6.07, 6.45) is 32.2. The van der Waals surface area contributed by atoms with Gasteiger partial charge in [-0.2, -0.15) is 0 Å². The summed E-state index contributed by atoms with van der Waals surface area (Å²) in [5.41, 5.74) is 0. The first-order valence-electron chi connectivity index (χ1n) is 19.9. The van der Waals surface area contributed by atoms with Crippen molar-refractivity contribution in [1.29, 1.82) is 0 Å². The molecule has 0 aliphatic heterocycles. The van der Waals surface area contributed by atoms with Crippen molar-refractivity contribution in [2.75, 3.05) is 26.4 Å². The predicted octanol–water partition coefficient (Wildman–Crippen LogP) is 11.0. The van der Waals surface area contributed by atoms with Gasteiger partial charge < -0.3 is 14.6 Å². The van der Waals surface area contributed by atoms with Crippen LogP contribution in [-0.4, -0.2) is 37.6 Å². The maximum absolute atomic E-state index is 9.67. The van der Waals surface area contributed by atoms with Crippen molar-refractivity contribution in [3.63, 3.8) is 0 Å². The molecule has 0 aromatic heterocycles. The number of hydrogen-bond acceptors (Lipinski definition) is 3. The second-order valence-corrected chi connectivity index (χ2v) is 16.4. The standard InChI is InChI=1S/C40H74O3/c1-31(2)18-14-15-20-32(3)19-12-8-4-6-10-16-26-42-30-34(29-41)43-27-17-11-7-5-9-13-21-33-22-23-37-38(28-33)40-36-25-24-35(36)39(37)40/h31-41H,4-30H2,1-3H3/t32?,33?,34-,35?,36?,37?,38?,39?,40?/m0/s1. The highest BCUT2D eigenvalue weighted by atomic mass is 16.5. The number of aliphatic hydroxyl groups excluding tert-OH is 1. The summed E-state index contributed by atoms with van der Waals surface area (Å²) < 4.78 is 11.8. The van der Waals surface area contributed by atoms with Crippen LogP contribution in [0.4, 0.5) is 0 Å². The molecule has 0 heterocycles. The average Bonchev–Trinajstić information content (AvgIpc) is 2.98. The Kier molecular flexibility index (Phi) is 16.8. The summed E-state index contributed by atoms with van der Waals surface area (Å²) in [5.74, 6) is 9.94. The van der Waals surface area contributed by atoms with E-state index in [1.807, 2.05) is 0 Å². The van der Waals surface area contributed by atoms with Gasteiger partial charge in [0.1, 0.15) is 6.10 Å². The van der Waals surface area contributed by atoms with Crippen LogP contribution in [0, 0.1) is 53.3 Å². The third kappa shape index (κ3) is 11.6. The molecule has 0 bridgehead atoms. The van der Waals surface area contributed by atoms with Gasteiger partial charge in [-0.3, -0.25) is 0 Å². The molecule has 3 nitrogen and oxygen atoms in total. The minimum Gasteiger partial charge on any atom is -0.394 e. The van der Waals surface area contributed by atoms with Crippen molar-refractivity contribution in [1.82, 2.24) is 0 Å². The van der Waals surface area contributed by atoms with E-state index in [9.17, 15) is 5.11 Å². The Morgan fingerprint density at radius 2 is 1.12 bits per heavy atom. The molecule has 0 saturated heterocycles. The SMILES string of the molecule is CC(C)CCCCC(C)CCCCCCCCOC[C@H](CO)OCCCCCCCCC1CCC2C(C1)C1C3CCC3C21. The van der Waals surface area contributed by atoms with Crippen LogP contribution in [0.5, 0.6) is 0 Å². The first-order valence-corrected chi connectivity index (χ1v) is 19.9. The molecule has 0 aromatic rings. The minimum absolute atomic E-state index is 0.0710. The lowest BCUT2D eigenvalue weighted by molar-refractivity contribution is -0.264. The molecule has 8 unspecified atom stereocenters. The second kappa shape index (κ2) is 20.2. The highest BCUT2D eigenvalue weighted by molar-refractivity contribution is 5.16. The molecular weight excluding hydrogens is 528 g/mol. The topological polar surface area (TPSA) is 38.7 Å². The van der Waals surface area contributed by atoms with Gasteiger partial charge in [-0.1, -0.05) is 130 Å². The van der Waals surface area contributed by atoms with Crippen LogP contribution in [0.1, 0.15) is 168 Å². The first kappa shape index (κ1) is 35.7. The average molecular weight is 603 g/mol. The molecule has 4 rings (SSSR count). The number of unbranched alkanes of at least 4 members (excludes halogenated alkanes) is 11. The van der Waals surface area contributed by atoms with E-state index in [0.29, 0.717) is 6.61 Å². The van der Waals surface area contributed by atoms with Crippen LogP contribution in [0.2, 0.25) is 0 Å². The Morgan fingerprint density at radius 1 is 0.581 bits per heavy atom. The fraction of sp³-hybridized carbons (Fsp3) is 1.00. The molecule has 0 amide bonds. The van der Waals surface area contributed by atoms with Gasteiger partial charge >= 0.3 is 0 Å². The van der Waals surface area contributed by atoms with Crippen molar-refractivity contribution in [3.05, 3.63) is 0 Å². The van der Waals surface area contributed by atoms with Crippen molar-refractivity contribution in [2.45, 2.75) is 175 Å². The quantitative estimate of drug-likeness (QED) is 0.0951. The lowest BCUT2D eigenvalue weighted by atomic mass is 9.30. The second-order valence-electron chi connectivity index (χ2n) is 16.4. The van der Waals surface area contributed by atoms with Gasteiger partial charge in [0.25, 0.3) is 0 Å². The van der Waals surface area contributed by atoms with Gasteiger partial charge in [0.15, 0.2) is 0 Å². The molecule has 4 fully saturated rings. The largest absolute Gasteiger partial charge is 0.394 e. The molecule has 4 aliphatic rings. The maximum atomic E-state index is 9.67. The smallest absolute Gasteiger partial charge is 0.104 e. The zero-order chi connectivity index (χ0) is 30.3. The summed E-state index contributed by atoms with van der Waals surface area (Å²) in [6, 6.07) is 0. The molecule has 0 radical (unpaired) electrons. The van der Waals surface area contributed by atoms with E-state index in [2.05, 4.69) is 20.8 Å².